The molecule has 126 valence electrons. The van der Waals surface area contributed by atoms with Gasteiger partial charge in [0.2, 0.25) is 11.8 Å². The molecule has 2 atom stereocenters. The van der Waals surface area contributed by atoms with Crippen LogP contribution in [0.3, 0.4) is 0 Å². The number of aromatic nitrogens is 2. The number of piperidine rings is 1. The van der Waals surface area contributed by atoms with E-state index < -0.39 is 0 Å². The average molecular weight is 319 g/mol. The molecular weight excluding hydrogens is 294 g/mol. The first-order valence-corrected chi connectivity index (χ1v) is 8.51. The molecule has 3 heterocycles. The minimum Gasteiger partial charge on any atom is -0.354 e. The molecule has 0 bridgehead atoms. The number of H-pyrrole nitrogens is 1. The van der Waals surface area contributed by atoms with Crippen LogP contribution in [0.2, 0.25) is 0 Å². The first kappa shape index (κ1) is 16.0. The number of hydrogen-bond donors (Lipinski definition) is 3. The Morgan fingerprint density at radius 1 is 1.35 bits per heavy atom. The predicted molar refractivity (Wildman–Crippen MR) is 85.8 cm³/mol. The molecule has 0 aliphatic carbocycles. The van der Waals surface area contributed by atoms with Crippen LogP contribution in [0, 0.1) is 0 Å². The zero-order chi connectivity index (χ0) is 16.1. The van der Waals surface area contributed by atoms with Crippen molar-refractivity contribution >= 4 is 11.8 Å². The van der Waals surface area contributed by atoms with Gasteiger partial charge in [0.25, 0.3) is 0 Å². The largest absolute Gasteiger partial charge is 0.354 e. The van der Waals surface area contributed by atoms with Crippen molar-refractivity contribution < 1.29 is 9.59 Å². The summed E-state index contributed by atoms with van der Waals surface area (Å²) >= 11 is 0. The lowest BCUT2D eigenvalue weighted by atomic mass is 9.95. The number of carbonyl (C=O) groups excluding carboxylic acids is 2. The molecule has 7 nitrogen and oxygen atoms in total. The molecule has 0 radical (unpaired) electrons. The first-order valence-electron chi connectivity index (χ1n) is 8.51. The van der Waals surface area contributed by atoms with E-state index in [9.17, 15) is 9.59 Å². The maximum absolute atomic E-state index is 12.3. The summed E-state index contributed by atoms with van der Waals surface area (Å²) in [4.78, 5) is 26.3. The highest BCUT2D eigenvalue weighted by Gasteiger charge is 2.26. The van der Waals surface area contributed by atoms with Gasteiger partial charge in [-0.1, -0.05) is 0 Å². The summed E-state index contributed by atoms with van der Waals surface area (Å²) in [6.07, 6.45) is 6.64. The molecule has 0 saturated carbocycles. The molecule has 3 rings (SSSR count). The van der Waals surface area contributed by atoms with E-state index >= 15 is 0 Å². The Balaban J connectivity index is 1.50. The van der Waals surface area contributed by atoms with Crippen LogP contribution in [0.4, 0.5) is 0 Å². The molecule has 2 aliphatic heterocycles. The van der Waals surface area contributed by atoms with E-state index in [0.717, 1.165) is 50.9 Å². The first-order chi connectivity index (χ1) is 11.2. The highest BCUT2D eigenvalue weighted by molar-refractivity contribution is 5.88. The Morgan fingerprint density at radius 2 is 2.26 bits per heavy atom. The maximum Gasteiger partial charge on any atom is 0.242 e. The molecule has 3 N–H and O–H groups in total. The van der Waals surface area contributed by atoms with E-state index in [4.69, 9.17) is 0 Å². The molecule has 0 aromatic carbocycles. The molecule has 2 aliphatic rings. The number of hydrogen-bond acceptors (Lipinski definition) is 4. The summed E-state index contributed by atoms with van der Waals surface area (Å²) < 4.78 is 0. The van der Waals surface area contributed by atoms with E-state index in [1.807, 2.05) is 6.07 Å². The third kappa shape index (κ3) is 4.31. The summed E-state index contributed by atoms with van der Waals surface area (Å²) in [5.41, 5.74) is 1.14. The lowest BCUT2D eigenvalue weighted by Gasteiger charge is -2.32. The Hall–Kier alpha value is -1.89. The van der Waals surface area contributed by atoms with Crippen molar-refractivity contribution in [3.8, 4) is 0 Å². The summed E-state index contributed by atoms with van der Waals surface area (Å²) in [6, 6.07) is 1.63. The third-order valence-corrected chi connectivity index (χ3v) is 4.71. The van der Waals surface area contributed by atoms with Gasteiger partial charge >= 0.3 is 0 Å². The summed E-state index contributed by atoms with van der Waals surface area (Å²) in [6.45, 7) is 2.85. The molecular formula is C16H25N5O2. The van der Waals surface area contributed by atoms with Crippen LogP contribution in [0.5, 0.6) is 0 Å². The molecule has 23 heavy (non-hydrogen) atoms. The molecule has 0 unspecified atom stereocenters. The second-order valence-corrected chi connectivity index (χ2v) is 6.49. The number of nitrogens with one attached hydrogen (secondary N) is 3. The van der Waals surface area contributed by atoms with Crippen LogP contribution >= 0.6 is 0 Å². The quantitative estimate of drug-likeness (QED) is 0.748. The smallest absolute Gasteiger partial charge is 0.242 e. The van der Waals surface area contributed by atoms with Crippen molar-refractivity contribution in [1.29, 1.82) is 0 Å². The molecule has 2 amide bonds. The topological polar surface area (TPSA) is 90.1 Å². The SMILES string of the molecule is O=C(CN1CCC[C@H](c2ccn[nH]2)C1)N[C@H]1CCCCNC1=O. The Kier molecular flexibility index (Phi) is 5.27. The van der Waals surface area contributed by atoms with Gasteiger partial charge in [0.1, 0.15) is 6.04 Å². The van der Waals surface area contributed by atoms with Gasteiger partial charge in [-0.2, -0.15) is 5.10 Å². The van der Waals surface area contributed by atoms with E-state index in [1.165, 1.54) is 0 Å². The van der Waals surface area contributed by atoms with Crippen LogP contribution < -0.4 is 10.6 Å². The fraction of sp³-hybridized carbons (Fsp3) is 0.688. The fourth-order valence-corrected chi connectivity index (χ4v) is 3.47. The number of nitrogens with zero attached hydrogens (tertiary/aromatic N) is 2. The van der Waals surface area contributed by atoms with Crippen molar-refractivity contribution in [2.45, 2.75) is 44.1 Å². The predicted octanol–water partition coefficient (Wildman–Crippen LogP) is 0.374. The number of aromatic amines is 1. The van der Waals surface area contributed by atoms with Gasteiger partial charge in [-0.05, 0) is 44.7 Å². The summed E-state index contributed by atoms with van der Waals surface area (Å²) in [5.74, 6) is 0.294. The maximum atomic E-state index is 12.3. The second-order valence-electron chi connectivity index (χ2n) is 6.49. The van der Waals surface area contributed by atoms with E-state index in [2.05, 4.69) is 25.7 Å². The van der Waals surface area contributed by atoms with Gasteiger partial charge in [-0.25, -0.2) is 0 Å². The van der Waals surface area contributed by atoms with E-state index in [0.29, 0.717) is 19.0 Å². The number of carbonyl (C=O) groups is 2. The normalized spacial score (nSPS) is 26.3. The number of likely N-dealkylation sites (tertiary alicyclic amines) is 1. The zero-order valence-electron chi connectivity index (χ0n) is 13.4. The standard InChI is InChI=1S/C16H25N5O2/c22-15(19-14-5-1-2-7-17-16(14)23)11-21-9-3-4-12(10-21)13-6-8-18-20-13/h6,8,12,14H,1-5,7,9-11H2,(H,17,23)(H,18,20)(H,19,22)/t12-,14-/m0/s1. The highest BCUT2D eigenvalue weighted by Crippen LogP contribution is 2.24. The van der Waals surface area contributed by atoms with Gasteiger partial charge in [-0.15, -0.1) is 0 Å². The van der Waals surface area contributed by atoms with Crippen LogP contribution in [0.1, 0.15) is 43.7 Å². The Labute approximate surface area is 136 Å². The van der Waals surface area contributed by atoms with Crippen molar-refractivity contribution in [2.75, 3.05) is 26.2 Å². The van der Waals surface area contributed by atoms with E-state index in [-0.39, 0.29) is 17.9 Å². The molecule has 0 spiro atoms. The van der Waals surface area contributed by atoms with Crippen molar-refractivity contribution in [3.05, 3.63) is 18.0 Å². The van der Waals surface area contributed by atoms with Crippen LogP contribution in [-0.2, 0) is 9.59 Å². The number of rotatable bonds is 4. The van der Waals surface area contributed by atoms with Gasteiger partial charge in [-0.3, -0.25) is 19.6 Å². The van der Waals surface area contributed by atoms with Crippen LogP contribution in [0.15, 0.2) is 12.3 Å². The van der Waals surface area contributed by atoms with Gasteiger partial charge in [0.15, 0.2) is 0 Å². The van der Waals surface area contributed by atoms with Crippen LogP contribution in [0.25, 0.3) is 0 Å². The van der Waals surface area contributed by atoms with Crippen molar-refractivity contribution in [2.24, 2.45) is 0 Å². The Morgan fingerprint density at radius 3 is 3.09 bits per heavy atom. The minimum absolute atomic E-state index is 0.0511. The molecule has 7 heteroatoms. The second kappa shape index (κ2) is 7.59. The average Bonchev–Trinajstić information content (AvgIpc) is 3.01. The van der Waals surface area contributed by atoms with Gasteiger partial charge in [0, 0.05) is 30.9 Å². The third-order valence-electron chi connectivity index (χ3n) is 4.71. The minimum atomic E-state index is -0.377. The van der Waals surface area contributed by atoms with Crippen LogP contribution in [-0.4, -0.2) is 59.1 Å². The van der Waals surface area contributed by atoms with Gasteiger partial charge < -0.3 is 10.6 Å². The fourth-order valence-electron chi connectivity index (χ4n) is 3.47. The molecule has 2 saturated heterocycles. The molecule has 1 aromatic rings. The molecule has 1 aromatic heterocycles. The number of amides is 2. The van der Waals surface area contributed by atoms with Crippen molar-refractivity contribution in [1.82, 2.24) is 25.7 Å². The lowest BCUT2D eigenvalue weighted by molar-refractivity contribution is -0.129. The monoisotopic (exact) mass is 319 g/mol. The summed E-state index contributed by atoms with van der Waals surface area (Å²) in [5, 5.41) is 12.8. The lowest BCUT2D eigenvalue weighted by Crippen LogP contribution is -2.49. The van der Waals surface area contributed by atoms with Gasteiger partial charge in [0.05, 0.1) is 6.54 Å². The molecule has 2 fully saturated rings. The van der Waals surface area contributed by atoms with E-state index in [1.54, 1.807) is 6.20 Å². The summed E-state index contributed by atoms with van der Waals surface area (Å²) in [7, 11) is 0. The van der Waals surface area contributed by atoms with Crippen molar-refractivity contribution in [3.63, 3.8) is 0 Å². The highest BCUT2D eigenvalue weighted by atomic mass is 16.2. The Bertz CT molecular complexity index is 531. The zero-order valence-corrected chi connectivity index (χ0v) is 13.4.